The zero-order chi connectivity index (χ0) is 20.2. The van der Waals surface area contributed by atoms with Gasteiger partial charge < -0.3 is 10.1 Å². The minimum atomic E-state index is -0.913. The van der Waals surface area contributed by atoms with Crippen molar-refractivity contribution in [1.82, 2.24) is 15.3 Å². The molecule has 144 valence electrons. The molecule has 6 nitrogen and oxygen atoms in total. The molecule has 0 aliphatic carbocycles. The van der Waals surface area contributed by atoms with Gasteiger partial charge in [-0.1, -0.05) is 48.5 Å². The summed E-state index contributed by atoms with van der Waals surface area (Å²) in [7, 11) is 1.30. The zero-order valence-electron chi connectivity index (χ0n) is 15.5. The first-order valence-electron chi connectivity index (χ1n) is 8.90. The van der Waals surface area contributed by atoms with Crippen LogP contribution in [0.3, 0.4) is 0 Å². The van der Waals surface area contributed by atoms with Gasteiger partial charge in [0.1, 0.15) is 10.7 Å². The van der Waals surface area contributed by atoms with Crippen molar-refractivity contribution in [2.45, 2.75) is 6.04 Å². The second kappa shape index (κ2) is 8.20. The van der Waals surface area contributed by atoms with Crippen LogP contribution in [0.4, 0.5) is 0 Å². The van der Waals surface area contributed by atoms with Gasteiger partial charge in [-0.3, -0.25) is 4.79 Å². The van der Waals surface area contributed by atoms with E-state index in [4.69, 9.17) is 4.74 Å². The van der Waals surface area contributed by atoms with Gasteiger partial charge in [-0.15, -0.1) is 11.3 Å². The number of nitrogens with zero attached hydrogens (tertiary/aromatic N) is 2. The highest BCUT2D eigenvalue weighted by molar-refractivity contribution is 7.13. The summed E-state index contributed by atoms with van der Waals surface area (Å²) in [5.74, 6) is -0.927. The highest BCUT2D eigenvalue weighted by Gasteiger charge is 2.25. The molecule has 1 amide bonds. The molecule has 0 fully saturated rings. The number of para-hydroxylation sites is 1. The standard InChI is InChI=1S/C22H17N3O3S/c1-28-22(27)19(14-7-3-2-4-8-14)25-20(26)16-13-18(21-23-11-12-29-21)24-17-10-6-5-9-15(16)17/h2-13,19H,1H3,(H,25,26)/t19-/m1/s1. The van der Waals surface area contributed by atoms with E-state index in [0.29, 0.717) is 27.7 Å². The van der Waals surface area contributed by atoms with Crippen molar-refractivity contribution in [2.24, 2.45) is 0 Å². The third-order valence-electron chi connectivity index (χ3n) is 4.46. The monoisotopic (exact) mass is 403 g/mol. The van der Waals surface area contributed by atoms with E-state index in [1.165, 1.54) is 18.4 Å². The van der Waals surface area contributed by atoms with Crippen LogP contribution in [0.2, 0.25) is 0 Å². The SMILES string of the molecule is COC(=O)[C@H](NC(=O)c1cc(-c2nccs2)nc2ccccc12)c1ccccc1. The van der Waals surface area contributed by atoms with Crippen LogP contribution >= 0.6 is 11.3 Å². The van der Waals surface area contributed by atoms with E-state index < -0.39 is 12.0 Å². The van der Waals surface area contributed by atoms with E-state index in [2.05, 4.69) is 15.3 Å². The van der Waals surface area contributed by atoms with Crippen molar-refractivity contribution in [1.29, 1.82) is 0 Å². The lowest BCUT2D eigenvalue weighted by atomic mass is 10.0. The molecule has 2 heterocycles. The van der Waals surface area contributed by atoms with Gasteiger partial charge in [-0.25, -0.2) is 14.8 Å². The second-order valence-electron chi connectivity index (χ2n) is 6.25. The van der Waals surface area contributed by atoms with E-state index in [-0.39, 0.29) is 5.91 Å². The molecule has 4 rings (SSSR count). The summed E-state index contributed by atoms with van der Waals surface area (Å²) < 4.78 is 4.90. The van der Waals surface area contributed by atoms with Gasteiger partial charge in [-0.2, -0.15) is 0 Å². The average molecular weight is 403 g/mol. The average Bonchev–Trinajstić information content (AvgIpc) is 3.31. The van der Waals surface area contributed by atoms with E-state index in [1.54, 1.807) is 36.5 Å². The Hall–Kier alpha value is -3.58. The van der Waals surface area contributed by atoms with Crippen LogP contribution in [0.25, 0.3) is 21.6 Å². The summed E-state index contributed by atoms with van der Waals surface area (Å²) in [5, 5.41) is 6.08. The minimum absolute atomic E-state index is 0.388. The molecule has 0 aliphatic heterocycles. The maximum atomic E-state index is 13.2. The Morgan fingerprint density at radius 1 is 1.07 bits per heavy atom. The molecule has 0 saturated carbocycles. The number of aromatic nitrogens is 2. The van der Waals surface area contributed by atoms with E-state index in [1.807, 2.05) is 35.7 Å². The molecule has 0 spiro atoms. The van der Waals surface area contributed by atoms with Crippen LogP contribution in [0.5, 0.6) is 0 Å². The summed E-state index contributed by atoms with van der Waals surface area (Å²) >= 11 is 1.44. The number of methoxy groups -OCH3 is 1. The molecule has 1 atom stereocenters. The van der Waals surface area contributed by atoms with Crippen LogP contribution in [0.15, 0.2) is 72.2 Å². The molecule has 2 aromatic heterocycles. The Balaban J connectivity index is 1.77. The summed E-state index contributed by atoms with van der Waals surface area (Å²) in [4.78, 5) is 34.5. The molecule has 0 saturated heterocycles. The first-order chi connectivity index (χ1) is 14.2. The lowest BCUT2D eigenvalue weighted by Gasteiger charge is -2.18. The van der Waals surface area contributed by atoms with E-state index in [9.17, 15) is 9.59 Å². The fourth-order valence-electron chi connectivity index (χ4n) is 3.07. The van der Waals surface area contributed by atoms with Crippen molar-refractivity contribution in [3.63, 3.8) is 0 Å². The number of ether oxygens (including phenoxy) is 1. The molecule has 0 unspecified atom stereocenters. The van der Waals surface area contributed by atoms with E-state index >= 15 is 0 Å². The van der Waals surface area contributed by atoms with Crippen LogP contribution < -0.4 is 5.32 Å². The van der Waals surface area contributed by atoms with Crippen LogP contribution in [-0.2, 0) is 9.53 Å². The van der Waals surface area contributed by atoms with Crippen molar-refractivity contribution >= 4 is 34.1 Å². The third-order valence-corrected chi connectivity index (χ3v) is 5.25. The molecule has 0 aliphatic rings. The van der Waals surface area contributed by atoms with Crippen molar-refractivity contribution < 1.29 is 14.3 Å². The third kappa shape index (κ3) is 3.86. The van der Waals surface area contributed by atoms with Gasteiger partial charge in [0, 0.05) is 17.0 Å². The molecule has 2 aromatic carbocycles. The van der Waals surface area contributed by atoms with Crippen LogP contribution in [0.1, 0.15) is 22.0 Å². The normalized spacial score (nSPS) is 11.8. The second-order valence-corrected chi connectivity index (χ2v) is 7.14. The maximum absolute atomic E-state index is 13.2. The van der Waals surface area contributed by atoms with Crippen molar-refractivity contribution in [3.05, 3.63) is 83.4 Å². The summed E-state index contributed by atoms with van der Waals surface area (Å²) in [6.07, 6.45) is 1.69. The fraction of sp³-hybridized carbons (Fsp3) is 0.0909. The highest BCUT2D eigenvalue weighted by Crippen LogP contribution is 2.27. The quantitative estimate of drug-likeness (QED) is 0.510. The predicted molar refractivity (Wildman–Crippen MR) is 112 cm³/mol. The summed E-state index contributed by atoms with van der Waals surface area (Å²) in [5.41, 5.74) is 2.36. The number of thiazole rings is 1. The number of pyridine rings is 1. The number of benzene rings is 2. The Bertz CT molecular complexity index is 1160. The summed E-state index contributed by atoms with van der Waals surface area (Å²) in [6.45, 7) is 0. The van der Waals surface area contributed by atoms with Gasteiger partial charge in [0.05, 0.1) is 18.2 Å². The molecule has 7 heteroatoms. The summed E-state index contributed by atoms with van der Waals surface area (Å²) in [6, 6.07) is 17.2. The fourth-order valence-corrected chi connectivity index (χ4v) is 3.67. The lowest BCUT2D eigenvalue weighted by Crippen LogP contribution is -2.34. The Morgan fingerprint density at radius 3 is 2.55 bits per heavy atom. The van der Waals surface area contributed by atoms with Gasteiger partial charge in [-0.05, 0) is 17.7 Å². The van der Waals surface area contributed by atoms with Gasteiger partial charge in [0.15, 0.2) is 6.04 Å². The molecule has 4 aromatic rings. The van der Waals surface area contributed by atoms with Gasteiger partial charge >= 0.3 is 5.97 Å². The molecule has 0 bridgehead atoms. The molecular weight excluding hydrogens is 386 g/mol. The molecule has 29 heavy (non-hydrogen) atoms. The predicted octanol–water partition coefficient (Wildman–Crippen LogP) is 4.00. The smallest absolute Gasteiger partial charge is 0.333 e. The maximum Gasteiger partial charge on any atom is 0.333 e. The number of esters is 1. The van der Waals surface area contributed by atoms with Crippen LogP contribution in [0, 0.1) is 0 Å². The Kier molecular flexibility index (Phi) is 5.31. The number of hydrogen-bond donors (Lipinski definition) is 1. The van der Waals surface area contributed by atoms with Crippen molar-refractivity contribution in [2.75, 3.05) is 7.11 Å². The molecule has 1 N–H and O–H groups in total. The van der Waals surface area contributed by atoms with Gasteiger partial charge in [0.2, 0.25) is 0 Å². The number of carbonyl (C=O) groups is 2. The minimum Gasteiger partial charge on any atom is -0.467 e. The van der Waals surface area contributed by atoms with Gasteiger partial charge in [0.25, 0.3) is 5.91 Å². The largest absolute Gasteiger partial charge is 0.467 e. The number of fused-ring (bicyclic) bond motifs is 1. The Morgan fingerprint density at radius 2 is 1.83 bits per heavy atom. The van der Waals surface area contributed by atoms with Crippen molar-refractivity contribution in [3.8, 4) is 10.7 Å². The number of carbonyl (C=O) groups excluding carboxylic acids is 2. The lowest BCUT2D eigenvalue weighted by molar-refractivity contribution is -0.143. The zero-order valence-corrected chi connectivity index (χ0v) is 16.3. The van der Waals surface area contributed by atoms with E-state index in [0.717, 1.165) is 5.01 Å². The first-order valence-corrected chi connectivity index (χ1v) is 9.78. The molecular formula is C22H17N3O3S. The number of rotatable bonds is 5. The van der Waals surface area contributed by atoms with Crippen LogP contribution in [-0.4, -0.2) is 29.0 Å². The number of amides is 1. The highest BCUT2D eigenvalue weighted by atomic mass is 32.1. The number of nitrogens with one attached hydrogen (secondary N) is 1. The molecule has 0 radical (unpaired) electrons. The topological polar surface area (TPSA) is 81.2 Å². The Labute approximate surface area is 171 Å². The number of hydrogen-bond acceptors (Lipinski definition) is 6. The first kappa shape index (κ1) is 18.8.